The number of carbonyl (C=O) groups is 4. The van der Waals surface area contributed by atoms with E-state index in [1.807, 2.05) is 12.1 Å². The summed E-state index contributed by atoms with van der Waals surface area (Å²) in [7, 11) is -5.03. The molecule has 4 heterocycles. The first-order chi connectivity index (χ1) is 25.4. The van der Waals surface area contributed by atoms with Crippen molar-refractivity contribution in [2.45, 2.75) is 68.9 Å². The van der Waals surface area contributed by atoms with Crippen LogP contribution in [0.4, 0.5) is 5.13 Å². The average Bonchev–Trinajstić information content (AvgIpc) is 3.56. The molecule has 0 aliphatic carbocycles. The minimum Gasteiger partial charge on any atom is -0.554 e. The zero-order valence-electron chi connectivity index (χ0n) is 29.3. The van der Waals surface area contributed by atoms with Gasteiger partial charge in [-0.2, -0.15) is 13.5 Å². The summed E-state index contributed by atoms with van der Waals surface area (Å²) in [5.74, 6) is -2.05. The largest absolute Gasteiger partial charge is 0.554 e. The molecule has 296 valence electrons. The van der Waals surface area contributed by atoms with E-state index < -0.39 is 63.7 Å². The van der Waals surface area contributed by atoms with Crippen molar-refractivity contribution in [2.24, 2.45) is 16.6 Å². The molecule has 4 atom stereocenters. The third-order valence-corrected chi connectivity index (χ3v) is 9.95. The van der Waals surface area contributed by atoms with Crippen LogP contribution in [0, 0.1) is 0 Å². The molecule has 1 unspecified atom stereocenters. The molecule has 54 heavy (non-hydrogen) atoms. The van der Waals surface area contributed by atoms with Crippen molar-refractivity contribution in [3.63, 3.8) is 0 Å². The van der Waals surface area contributed by atoms with Gasteiger partial charge in [-0.1, -0.05) is 17.3 Å². The van der Waals surface area contributed by atoms with E-state index >= 15 is 0 Å². The maximum atomic E-state index is 13.5. The van der Waals surface area contributed by atoms with Gasteiger partial charge in [0.25, 0.3) is 17.4 Å². The number of hydrogen-bond acceptors (Lipinski definition) is 18. The number of hydroxylamine groups is 2. The molecule has 0 saturated carbocycles. The molecular formula is C30H42N10O12S2. The SMILES string of the molecule is CC1(C)[C@H](NC(=O)/C(=N\O[C@](C)(C(=O)O)[C@H]2CCc3cc(C4CNC(NC(CN)CN)=[NH+]C4)ccc3O2)c2csc(N)n2)C(=O)N1OS(=O)(=O)O.O=C[O-]. The van der Waals surface area contributed by atoms with Gasteiger partial charge in [0.1, 0.15) is 17.5 Å². The summed E-state index contributed by atoms with van der Waals surface area (Å²) in [6.07, 6.45) is -0.349. The second kappa shape index (κ2) is 16.9. The van der Waals surface area contributed by atoms with Crippen molar-refractivity contribution < 1.29 is 61.2 Å². The number of guanidine groups is 1. The molecule has 1 aromatic carbocycles. The summed E-state index contributed by atoms with van der Waals surface area (Å²) >= 11 is 0.969. The molecule has 1 aromatic heterocycles. The number of aromatic nitrogens is 1. The van der Waals surface area contributed by atoms with E-state index in [1.54, 1.807) is 6.07 Å². The fourth-order valence-electron chi connectivity index (χ4n) is 5.79. The van der Waals surface area contributed by atoms with Crippen LogP contribution in [-0.4, -0.2) is 120 Å². The van der Waals surface area contributed by atoms with Crippen LogP contribution < -0.4 is 48.0 Å². The Morgan fingerprint density at radius 1 is 1.35 bits per heavy atom. The first kappa shape index (κ1) is 41.6. The summed E-state index contributed by atoms with van der Waals surface area (Å²) in [4.78, 5) is 60.1. The predicted molar refractivity (Wildman–Crippen MR) is 188 cm³/mol. The van der Waals surface area contributed by atoms with Gasteiger partial charge in [-0.05, 0) is 50.8 Å². The molecule has 2 amide bonds. The van der Waals surface area contributed by atoms with Crippen molar-refractivity contribution in [1.29, 1.82) is 0 Å². The maximum Gasteiger partial charge on any atom is 0.418 e. The molecule has 22 nitrogen and oxygen atoms in total. The smallest absolute Gasteiger partial charge is 0.418 e. The standard InChI is InChI=1S/C29H40N10O10S2.CH2O2/c1-28(2)22(24(41)39(28)49-51(44,45)46)37-23(40)21(18-13-50-26(32)36-18)38-48-29(3,25(42)43)20-7-5-15-8-14(4-6-19(15)47-20)16-11-33-27(34-12-16)35-17(9-30)10-31;2-1-3/h4,6,8,13,16-17,20,22H,5,7,9-12,30-31H2,1-3H3,(H2,32,36)(H,37,40)(H,42,43)(H2,33,34,35)(H,44,45,46);1H,(H,2,3)/b38-21-;/t20-,22-,29+;/m1./s1. The monoisotopic (exact) mass is 798 g/mol. The molecule has 0 bridgehead atoms. The molecule has 0 spiro atoms. The number of carbonyl (C=O) groups excluding carboxylic acids is 3. The molecule has 5 rings (SSSR count). The number of aryl methyl sites for hydroxylation is 1. The number of thiazole rings is 1. The summed E-state index contributed by atoms with van der Waals surface area (Å²) in [5, 5.41) is 33.3. The Kier molecular flexibility index (Phi) is 13.0. The number of aliphatic carboxylic acids is 1. The van der Waals surface area contributed by atoms with Crippen molar-refractivity contribution in [2.75, 3.05) is 31.9 Å². The van der Waals surface area contributed by atoms with Crippen LogP contribution in [0.2, 0.25) is 0 Å². The Morgan fingerprint density at radius 3 is 2.57 bits per heavy atom. The molecule has 3 aliphatic rings. The van der Waals surface area contributed by atoms with Crippen molar-refractivity contribution in [1.82, 2.24) is 26.0 Å². The number of oxime groups is 1. The van der Waals surface area contributed by atoms with Gasteiger partial charge in [-0.15, -0.1) is 15.6 Å². The maximum absolute atomic E-state index is 13.5. The number of fused-ring (bicyclic) bond motifs is 1. The number of carboxylic acids is 1. The van der Waals surface area contributed by atoms with E-state index in [0.717, 1.165) is 28.4 Å². The van der Waals surface area contributed by atoms with Crippen LogP contribution in [-0.2, 0) is 45.1 Å². The molecule has 1 fully saturated rings. The normalized spacial score (nSPS) is 21.7. The fourth-order valence-corrected chi connectivity index (χ4v) is 6.79. The number of β-lactam (4-membered cyclic amide) rings is 1. The third-order valence-electron chi connectivity index (χ3n) is 8.94. The predicted octanol–water partition coefficient (Wildman–Crippen LogP) is -5.11. The lowest BCUT2D eigenvalue weighted by molar-refractivity contribution is -0.470. The second-order valence-electron chi connectivity index (χ2n) is 13.0. The third kappa shape index (κ3) is 9.31. The lowest BCUT2D eigenvalue weighted by atomic mass is 9.84. The number of nitrogens with zero attached hydrogens (tertiary/aromatic N) is 3. The number of nitrogens with two attached hydrogens (primary N) is 3. The van der Waals surface area contributed by atoms with Crippen molar-refractivity contribution in [3.8, 4) is 5.75 Å². The van der Waals surface area contributed by atoms with Gasteiger partial charge >= 0.3 is 22.3 Å². The highest BCUT2D eigenvalue weighted by molar-refractivity contribution is 7.80. The molecule has 2 aromatic rings. The molecule has 12 N–H and O–H groups in total. The summed E-state index contributed by atoms with van der Waals surface area (Å²) in [6.45, 7) is 5.62. The minimum absolute atomic E-state index is 0.0541. The van der Waals surface area contributed by atoms with Gasteiger partial charge in [0, 0.05) is 30.9 Å². The van der Waals surface area contributed by atoms with Crippen LogP contribution in [0.25, 0.3) is 0 Å². The van der Waals surface area contributed by atoms with Crippen LogP contribution in [0.1, 0.15) is 49.9 Å². The molecular weight excluding hydrogens is 757 g/mol. The van der Waals surface area contributed by atoms with E-state index in [0.29, 0.717) is 43.4 Å². The van der Waals surface area contributed by atoms with Crippen LogP contribution in [0.15, 0.2) is 28.7 Å². The van der Waals surface area contributed by atoms with Gasteiger partial charge in [0.15, 0.2) is 16.9 Å². The topological polar surface area (TPSA) is 350 Å². The Labute approximate surface area is 313 Å². The number of nitrogen functional groups attached to an aromatic ring is 1. The van der Waals surface area contributed by atoms with Gasteiger partial charge < -0.3 is 47.1 Å². The average molecular weight is 799 g/mol. The van der Waals surface area contributed by atoms with E-state index in [4.69, 9.17) is 41.2 Å². The quantitative estimate of drug-likeness (QED) is 0.0301. The number of rotatable bonds is 13. The Balaban J connectivity index is 0.00000209. The fraction of sp³-hybridized carbons (Fsp3) is 0.500. The van der Waals surface area contributed by atoms with Crippen LogP contribution in [0.3, 0.4) is 0 Å². The lowest BCUT2D eigenvalue weighted by Crippen LogP contribution is -2.84. The van der Waals surface area contributed by atoms with Gasteiger partial charge in [-0.3, -0.25) is 29.8 Å². The number of anilines is 1. The van der Waals surface area contributed by atoms with Gasteiger partial charge in [-0.25, -0.2) is 9.78 Å². The zero-order chi connectivity index (χ0) is 40.0. The lowest BCUT2D eigenvalue weighted by Gasteiger charge is -2.50. The highest BCUT2D eigenvalue weighted by Gasteiger charge is 2.58. The number of carboxylic acid groups (broad SMARTS) is 2. The molecule has 1 saturated heterocycles. The number of nitrogens with one attached hydrogen (secondary N) is 4. The van der Waals surface area contributed by atoms with E-state index in [-0.39, 0.29) is 29.2 Å². The highest BCUT2D eigenvalue weighted by Crippen LogP contribution is 2.36. The van der Waals surface area contributed by atoms with E-state index in [2.05, 4.69) is 35.4 Å². The summed E-state index contributed by atoms with van der Waals surface area (Å²) in [5.41, 5.74) is 15.0. The Bertz CT molecular complexity index is 1900. The summed E-state index contributed by atoms with van der Waals surface area (Å²) in [6, 6.07) is 4.33. The Morgan fingerprint density at radius 2 is 2.04 bits per heavy atom. The molecule has 3 aliphatic heterocycles. The number of hydrogen-bond donors (Lipinski definition) is 9. The zero-order valence-corrected chi connectivity index (χ0v) is 30.9. The number of ether oxygens (including phenoxy) is 1. The first-order valence-electron chi connectivity index (χ1n) is 16.3. The minimum atomic E-state index is -5.03. The van der Waals surface area contributed by atoms with E-state index in [1.165, 1.54) is 26.2 Å². The van der Waals surface area contributed by atoms with Crippen LogP contribution >= 0.6 is 11.3 Å². The molecule has 0 radical (unpaired) electrons. The summed E-state index contributed by atoms with van der Waals surface area (Å²) < 4.78 is 41.9. The number of benzene rings is 1. The Hall–Kier alpha value is -5.14. The van der Waals surface area contributed by atoms with Crippen molar-refractivity contribution in [3.05, 3.63) is 40.4 Å². The van der Waals surface area contributed by atoms with Gasteiger partial charge in [0.2, 0.25) is 0 Å². The van der Waals surface area contributed by atoms with Crippen LogP contribution in [0.5, 0.6) is 5.75 Å². The first-order valence-corrected chi connectivity index (χ1v) is 18.5. The van der Waals surface area contributed by atoms with E-state index in [9.17, 15) is 27.9 Å². The number of amides is 2. The highest BCUT2D eigenvalue weighted by atomic mass is 32.3. The van der Waals surface area contributed by atoms with Gasteiger partial charge in [0.05, 0.1) is 24.7 Å². The van der Waals surface area contributed by atoms with Crippen molar-refractivity contribution >= 4 is 62.8 Å². The molecule has 24 heteroatoms. The second-order valence-corrected chi connectivity index (χ2v) is 14.9.